The van der Waals surface area contributed by atoms with Crippen molar-refractivity contribution in [2.24, 2.45) is 5.41 Å². The third-order valence-electron chi connectivity index (χ3n) is 6.26. The van der Waals surface area contributed by atoms with Crippen LogP contribution < -0.4 is 10.6 Å². The van der Waals surface area contributed by atoms with E-state index in [2.05, 4.69) is 27.3 Å². The minimum Gasteiger partial charge on any atom is -0.384 e. The van der Waals surface area contributed by atoms with Crippen LogP contribution in [0.1, 0.15) is 38.5 Å². The number of thioether (sulfide) groups is 1. The molecule has 0 bridgehead atoms. The lowest BCUT2D eigenvalue weighted by atomic mass is 9.78. The molecule has 0 aromatic carbocycles. The van der Waals surface area contributed by atoms with Gasteiger partial charge in [-0.2, -0.15) is 11.8 Å². The van der Waals surface area contributed by atoms with Gasteiger partial charge in [0.1, 0.15) is 0 Å². The van der Waals surface area contributed by atoms with E-state index in [1.807, 2.05) is 0 Å². The lowest BCUT2D eigenvalue weighted by Crippen LogP contribution is -2.59. The summed E-state index contributed by atoms with van der Waals surface area (Å²) in [6, 6.07) is 0. The number of carbonyl (C=O) groups is 1. The van der Waals surface area contributed by atoms with Gasteiger partial charge in [-0.05, 0) is 38.8 Å². The van der Waals surface area contributed by atoms with E-state index in [-0.39, 0.29) is 41.7 Å². The minimum atomic E-state index is -0.336. The Kier molecular flexibility index (Phi) is 10.6. The Morgan fingerprint density at radius 3 is 2.31 bits per heavy atom. The minimum absolute atomic E-state index is 0. The van der Waals surface area contributed by atoms with Gasteiger partial charge < -0.3 is 15.4 Å². The Hall–Kier alpha value is 0.280. The molecule has 0 atom stereocenters. The second-order valence-corrected chi connectivity index (χ2v) is 8.90. The molecule has 0 unspecified atom stereocenters. The van der Waals surface area contributed by atoms with Gasteiger partial charge >= 0.3 is 0 Å². The van der Waals surface area contributed by atoms with Crippen LogP contribution >= 0.6 is 36.6 Å². The average molecular weight is 428 g/mol. The Labute approximate surface area is 174 Å². The van der Waals surface area contributed by atoms with Crippen LogP contribution in [0.4, 0.5) is 0 Å². The first-order chi connectivity index (χ1) is 11.7. The van der Waals surface area contributed by atoms with Gasteiger partial charge in [-0.3, -0.25) is 9.69 Å². The summed E-state index contributed by atoms with van der Waals surface area (Å²) in [5, 5.41) is 6.73. The summed E-state index contributed by atoms with van der Waals surface area (Å²) in [6.45, 7) is 5.52. The van der Waals surface area contributed by atoms with E-state index < -0.39 is 0 Å². The zero-order chi connectivity index (χ0) is 16.9. The zero-order valence-electron chi connectivity index (χ0n) is 15.9. The zero-order valence-corrected chi connectivity index (χ0v) is 18.3. The third-order valence-corrected chi connectivity index (χ3v) is 7.20. The predicted octanol–water partition coefficient (Wildman–Crippen LogP) is 2.32. The number of methoxy groups -OCH3 is 1. The molecule has 3 fully saturated rings. The Morgan fingerprint density at radius 1 is 1.12 bits per heavy atom. The monoisotopic (exact) mass is 427 g/mol. The molecular formula is C18H35Cl2N3O2S. The number of hydrogen-bond acceptors (Lipinski definition) is 5. The molecule has 0 aromatic rings. The van der Waals surface area contributed by atoms with Crippen molar-refractivity contribution in [3.63, 3.8) is 0 Å². The molecule has 0 spiro atoms. The highest BCUT2D eigenvalue weighted by atomic mass is 35.5. The number of hydrogen-bond donors (Lipinski definition) is 2. The molecule has 1 saturated carbocycles. The summed E-state index contributed by atoms with van der Waals surface area (Å²) in [6.07, 6.45) is 6.81. The number of carbonyl (C=O) groups excluding carboxylic acids is 1. The van der Waals surface area contributed by atoms with Crippen molar-refractivity contribution < 1.29 is 9.53 Å². The molecule has 154 valence electrons. The van der Waals surface area contributed by atoms with E-state index >= 15 is 0 Å². The second-order valence-electron chi connectivity index (χ2n) is 7.68. The number of rotatable bonds is 6. The summed E-state index contributed by atoms with van der Waals surface area (Å²) >= 11 is 2.06. The van der Waals surface area contributed by atoms with E-state index in [0.29, 0.717) is 6.61 Å². The molecular weight excluding hydrogens is 393 g/mol. The number of ether oxygens (including phenoxy) is 1. The smallest absolute Gasteiger partial charge is 0.228 e. The van der Waals surface area contributed by atoms with Gasteiger partial charge in [-0.25, -0.2) is 0 Å². The fraction of sp³-hybridized carbons (Fsp3) is 0.944. The maximum atomic E-state index is 13.1. The van der Waals surface area contributed by atoms with Crippen LogP contribution in [0.3, 0.4) is 0 Å². The molecule has 2 saturated heterocycles. The molecule has 1 aliphatic carbocycles. The Balaban J connectivity index is 0.00000169. The van der Waals surface area contributed by atoms with E-state index in [1.165, 1.54) is 50.3 Å². The molecule has 3 aliphatic rings. The van der Waals surface area contributed by atoms with Gasteiger partial charge in [0.25, 0.3) is 0 Å². The van der Waals surface area contributed by atoms with Crippen LogP contribution in [0.2, 0.25) is 0 Å². The molecule has 5 nitrogen and oxygen atoms in total. The SMILES string of the molecule is COCC1(C(=O)NCC2(N3CCSCC3)CCCC2)CCNCC1.Cl.Cl. The topological polar surface area (TPSA) is 53.6 Å². The standard InChI is InChI=1S/C18H33N3O2S.2ClH/c1-23-15-17(6-8-19-9-7-17)16(22)20-14-18(4-2-3-5-18)21-10-12-24-13-11-21;;/h19H,2-15H2,1H3,(H,20,22);2*1H. The summed E-state index contributed by atoms with van der Waals surface area (Å²) in [5.74, 6) is 2.67. The Morgan fingerprint density at radius 2 is 1.73 bits per heavy atom. The third kappa shape index (κ3) is 5.42. The normalized spacial score (nSPS) is 25.0. The van der Waals surface area contributed by atoms with E-state index in [4.69, 9.17) is 4.74 Å². The van der Waals surface area contributed by atoms with Crippen molar-refractivity contribution in [1.29, 1.82) is 0 Å². The molecule has 26 heavy (non-hydrogen) atoms. The molecule has 2 N–H and O–H groups in total. The lowest BCUT2D eigenvalue weighted by molar-refractivity contribution is -0.136. The van der Waals surface area contributed by atoms with Crippen molar-refractivity contribution in [2.75, 3.05) is 57.9 Å². The second kappa shape index (κ2) is 11.3. The summed E-state index contributed by atoms with van der Waals surface area (Å²) in [5.41, 5.74) is -0.130. The number of nitrogens with one attached hydrogen (secondary N) is 2. The van der Waals surface area contributed by atoms with Crippen molar-refractivity contribution in [2.45, 2.75) is 44.1 Å². The molecule has 2 heterocycles. The van der Waals surface area contributed by atoms with E-state index in [0.717, 1.165) is 32.5 Å². The van der Waals surface area contributed by atoms with Crippen molar-refractivity contribution in [3.8, 4) is 0 Å². The quantitative estimate of drug-likeness (QED) is 0.680. The van der Waals surface area contributed by atoms with Crippen LogP contribution in [0, 0.1) is 5.41 Å². The molecule has 1 amide bonds. The van der Waals surface area contributed by atoms with E-state index in [9.17, 15) is 4.79 Å². The number of piperidine rings is 1. The van der Waals surface area contributed by atoms with Crippen molar-refractivity contribution in [3.05, 3.63) is 0 Å². The first kappa shape index (κ1) is 24.3. The van der Waals surface area contributed by atoms with Crippen LogP contribution in [0.5, 0.6) is 0 Å². The van der Waals surface area contributed by atoms with Gasteiger partial charge in [0, 0.05) is 43.8 Å². The van der Waals surface area contributed by atoms with Crippen molar-refractivity contribution >= 4 is 42.5 Å². The van der Waals surface area contributed by atoms with Gasteiger partial charge in [0.05, 0.1) is 12.0 Å². The highest BCUT2D eigenvalue weighted by molar-refractivity contribution is 7.99. The molecule has 0 aromatic heterocycles. The van der Waals surface area contributed by atoms with E-state index in [1.54, 1.807) is 7.11 Å². The largest absolute Gasteiger partial charge is 0.384 e. The Bertz CT molecular complexity index is 419. The summed E-state index contributed by atoms with van der Waals surface area (Å²) < 4.78 is 5.42. The molecule has 8 heteroatoms. The summed E-state index contributed by atoms with van der Waals surface area (Å²) in [7, 11) is 1.71. The first-order valence-corrected chi connectivity index (χ1v) is 10.7. The maximum Gasteiger partial charge on any atom is 0.228 e. The molecule has 2 aliphatic heterocycles. The lowest BCUT2D eigenvalue weighted by Gasteiger charge is -2.44. The fourth-order valence-electron chi connectivity index (χ4n) is 4.73. The highest BCUT2D eigenvalue weighted by Crippen LogP contribution is 2.37. The molecule has 0 radical (unpaired) electrons. The van der Waals surface area contributed by atoms with Gasteiger partial charge in [0.15, 0.2) is 0 Å². The average Bonchev–Trinajstić information content (AvgIpc) is 3.12. The van der Waals surface area contributed by atoms with Crippen LogP contribution in [0.25, 0.3) is 0 Å². The number of amides is 1. The maximum absolute atomic E-state index is 13.1. The van der Waals surface area contributed by atoms with Gasteiger partial charge in [-0.1, -0.05) is 12.8 Å². The number of halogens is 2. The molecule has 3 rings (SSSR count). The van der Waals surface area contributed by atoms with Crippen LogP contribution in [-0.2, 0) is 9.53 Å². The number of nitrogens with zero attached hydrogens (tertiary/aromatic N) is 1. The van der Waals surface area contributed by atoms with Gasteiger partial charge in [0.2, 0.25) is 5.91 Å². The highest BCUT2D eigenvalue weighted by Gasteiger charge is 2.43. The first-order valence-electron chi connectivity index (χ1n) is 9.52. The van der Waals surface area contributed by atoms with Crippen molar-refractivity contribution in [1.82, 2.24) is 15.5 Å². The van der Waals surface area contributed by atoms with Gasteiger partial charge in [-0.15, -0.1) is 24.8 Å². The van der Waals surface area contributed by atoms with Crippen LogP contribution in [-0.4, -0.2) is 74.3 Å². The summed E-state index contributed by atoms with van der Waals surface area (Å²) in [4.78, 5) is 15.7. The fourth-order valence-corrected chi connectivity index (χ4v) is 5.63. The predicted molar refractivity (Wildman–Crippen MR) is 114 cm³/mol. The van der Waals surface area contributed by atoms with Crippen LogP contribution in [0.15, 0.2) is 0 Å².